The van der Waals surface area contributed by atoms with E-state index in [2.05, 4.69) is 26.1 Å². The number of hydrogen-bond donors (Lipinski definition) is 1. The molecule has 112 valence electrons. The van der Waals surface area contributed by atoms with Gasteiger partial charge in [-0.05, 0) is 43.4 Å². The number of carbonyl (C=O) groups is 1. The Morgan fingerprint density at radius 3 is 2.79 bits per heavy atom. The zero-order chi connectivity index (χ0) is 14.3. The number of amides is 1. The van der Waals surface area contributed by atoms with Crippen LogP contribution in [0.5, 0.6) is 0 Å². The fourth-order valence-electron chi connectivity index (χ4n) is 3.04. The van der Waals surface area contributed by atoms with Gasteiger partial charge in [0.2, 0.25) is 5.91 Å². The SMILES string of the molecule is CCC1CCOC(CC(C)(C)CCCC(=O)NC)C1. The van der Waals surface area contributed by atoms with E-state index in [1.54, 1.807) is 7.05 Å². The molecule has 1 rings (SSSR count). The van der Waals surface area contributed by atoms with Gasteiger partial charge >= 0.3 is 0 Å². The van der Waals surface area contributed by atoms with Crippen molar-refractivity contribution in [1.82, 2.24) is 5.32 Å². The van der Waals surface area contributed by atoms with Crippen LogP contribution < -0.4 is 5.32 Å². The molecule has 19 heavy (non-hydrogen) atoms. The van der Waals surface area contributed by atoms with Crippen LogP contribution in [0.15, 0.2) is 0 Å². The van der Waals surface area contributed by atoms with Gasteiger partial charge in [0, 0.05) is 20.1 Å². The molecular formula is C16H31NO2. The summed E-state index contributed by atoms with van der Waals surface area (Å²) in [7, 11) is 1.70. The van der Waals surface area contributed by atoms with Gasteiger partial charge in [0.05, 0.1) is 6.10 Å². The van der Waals surface area contributed by atoms with Gasteiger partial charge in [-0.3, -0.25) is 4.79 Å². The van der Waals surface area contributed by atoms with Crippen LogP contribution in [-0.2, 0) is 9.53 Å². The van der Waals surface area contributed by atoms with Gasteiger partial charge in [0.15, 0.2) is 0 Å². The number of ether oxygens (including phenoxy) is 1. The predicted molar refractivity (Wildman–Crippen MR) is 79.1 cm³/mol. The lowest BCUT2D eigenvalue weighted by Gasteiger charge is -2.35. The number of nitrogens with one attached hydrogen (secondary N) is 1. The normalized spacial score (nSPS) is 24.2. The molecule has 1 saturated heterocycles. The molecule has 0 spiro atoms. The quantitative estimate of drug-likeness (QED) is 0.768. The average molecular weight is 269 g/mol. The third-order valence-electron chi connectivity index (χ3n) is 4.37. The summed E-state index contributed by atoms with van der Waals surface area (Å²) in [6, 6.07) is 0. The average Bonchev–Trinajstić information content (AvgIpc) is 2.37. The van der Waals surface area contributed by atoms with Crippen LogP contribution in [0.25, 0.3) is 0 Å². The second-order valence-electron chi connectivity index (χ2n) is 6.69. The molecule has 2 atom stereocenters. The van der Waals surface area contributed by atoms with Gasteiger partial charge in [-0.2, -0.15) is 0 Å². The molecule has 1 aliphatic heterocycles. The largest absolute Gasteiger partial charge is 0.378 e. The van der Waals surface area contributed by atoms with Crippen molar-refractivity contribution in [3.8, 4) is 0 Å². The van der Waals surface area contributed by atoms with Crippen LogP contribution in [0.1, 0.15) is 65.7 Å². The summed E-state index contributed by atoms with van der Waals surface area (Å²) in [5, 5.41) is 2.68. The van der Waals surface area contributed by atoms with Gasteiger partial charge in [-0.15, -0.1) is 0 Å². The van der Waals surface area contributed by atoms with E-state index in [0.717, 1.165) is 31.8 Å². The van der Waals surface area contributed by atoms with E-state index in [-0.39, 0.29) is 11.3 Å². The van der Waals surface area contributed by atoms with Crippen LogP contribution in [-0.4, -0.2) is 25.7 Å². The van der Waals surface area contributed by atoms with Crippen LogP contribution in [0.4, 0.5) is 0 Å². The fraction of sp³-hybridized carbons (Fsp3) is 0.938. The van der Waals surface area contributed by atoms with Crippen molar-refractivity contribution in [1.29, 1.82) is 0 Å². The molecule has 0 radical (unpaired) electrons. The van der Waals surface area contributed by atoms with Gasteiger partial charge < -0.3 is 10.1 Å². The van der Waals surface area contributed by atoms with E-state index < -0.39 is 0 Å². The van der Waals surface area contributed by atoms with E-state index in [0.29, 0.717) is 12.5 Å². The third-order valence-corrected chi connectivity index (χ3v) is 4.37. The maximum Gasteiger partial charge on any atom is 0.219 e. The number of rotatable bonds is 7. The lowest BCUT2D eigenvalue weighted by Crippen LogP contribution is -2.30. The first-order chi connectivity index (χ1) is 8.96. The van der Waals surface area contributed by atoms with Crippen LogP contribution in [0, 0.1) is 11.3 Å². The maximum atomic E-state index is 11.2. The fourth-order valence-corrected chi connectivity index (χ4v) is 3.04. The highest BCUT2D eigenvalue weighted by Crippen LogP contribution is 2.34. The summed E-state index contributed by atoms with van der Waals surface area (Å²) in [4.78, 5) is 11.2. The van der Waals surface area contributed by atoms with E-state index in [9.17, 15) is 4.79 Å². The van der Waals surface area contributed by atoms with Crippen molar-refractivity contribution in [2.75, 3.05) is 13.7 Å². The Kier molecular flexibility index (Phi) is 6.84. The number of hydrogen-bond acceptors (Lipinski definition) is 2. The molecule has 0 bridgehead atoms. The Bertz CT molecular complexity index is 276. The van der Waals surface area contributed by atoms with E-state index >= 15 is 0 Å². The highest BCUT2D eigenvalue weighted by atomic mass is 16.5. The minimum Gasteiger partial charge on any atom is -0.378 e. The summed E-state index contributed by atoms with van der Waals surface area (Å²) in [5.74, 6) is 0.996. The van der Waals surface area contributed by atoms with Crippen LogP contribution >= 0.6 is 0 Å². The second kappa shape index (κ2) is 7.88. The topological polar surface area (TPSA) is 38.3 Å². The highest BCUT2D eigenvalue weighted by Gasteiger charge is 2.28. The van der Waals surface area contributed by atoms with Gasteiger partial charge in [-0.1, -0.05) is 27.2 Å². The van der Waals surface area contributed by atoms with E-state index in [1.807, 2.05) is 0 Å². The molecular weight excluding hydrogens is 238 g/mol. The minimum atomic E-state index is 0.149. The smallest absolute Gasteiger partial charge is 0.219 e. The van der Waals surface area contributed by atoms with Crippen molar-refractivity contribution in [2.24, 2.45) is 11.3 Å². The molecule has 3 heteroatoms. The maximum absolute atomic E-state index is 11.2. The molecule has 1 fully saturated rings. The molecule has 0 aromatic carbocycles. The van der Waals surface area contributed by atoms with Gasteiger partial charge in [-0.25, -0.2) is 0 Å². The van der Waals surface area contributed by atoms with Crippen LogP contribution in [0.2, 0.25) is 0 Å². The predicted octanol–water partition coefficient (Wildman–Crippen LogP) is 3.52. The molecule has 3 nitrogen and oxygen atoms in total. The summed E-state index contributed by atoms with van der Waals surface area (Å²) in [6.07, 6.45) is 7.97. The summed E-state index contributed by atoms with van der Waals surface area (Å²) >= 11 is 0. The Labute approximate surface area is 118 Å². The van der Waals surface area contributed by atoms with E-state index in [1.165, 1.54) is 19.3 Å². The van der Waals surface area contributed by atoms with Crippen molar-refractivity contribution >= 4 is 5.91 Å². The van der Waals surface area contributed by atoms with Gasteiger partial charge in [0.25, 0.3) is 0 Å². The van der Waals surface area contributed by atoms with Crippen molar-refractivity contribution < 1.29 is 9.53 Å². The Balaban J connectivity index is 2.30. The molecule has 1 heterocycles. The molecule has 1 aliphatic rings. The monoisotopic (exact) mass is 269 g/mol. The van der Waals surface area contributed by atoms with Crippen molar-refractivity contribution in [2.45, 2.75) is 71.8 Å². The zero-order valence-corrected chi connectivity index (χ0v) is 13.1. The third kappa shape index (κ3) is 6.42. The summed E-state index contributed by atoms with van der Waals surface area (Å²) in [6.45, 7) is 7.81. The molecule has 0 aliphatic carbocycles. The summed E-state index contributed by atoms with van der Waals surface area (Å²) < 4.78 is 5.92. The molecule has 0 aromatic rings. The van der Waals surface area contributed by atoms with Crippen LogP contribution in [0.3, 0.4) is 0 Å². The highest BCUT2D eigenvalue weighted by molar-refractivity contribution is 5.75. The second-order valence-corrected chi connectivity index (χ2v) is 6.69. The molecule has 0 saturated carbocycles. The number of carbonyl (C=O) groups excluding carboxylic acids is 1. The van der Waals surface area contributed by atoms with Crippen molar-refractivity contribution in [3.63, 3.8) is 0 Å². The minimum absolute atomic E-state index is 0.149. The molecule has 1 N–H and O–H groups in total. The lowest BCUT2D eigenvalue weighted by molar-refractivity contribution is -0.120. The molecule has 2 unspecified atom stereocenters. The standard InChI is InChI=1S/C16H31NO2/c1-5-13-8-10-19-14(11-13)12-16(2,3)9-6-7-15(18)17-4/h13-14H,5-12H2,1-4H3,(H,17,18). The lowest BCUT2D eigenvalue weighted by atomic mass is 9.79. The van der Waals surface area contributed by atoms with Gasteiger partial charge in [0.1, 0.15) is 0 Å². The van der Waals surface area contributed by atoms with E-state index in [4.69, 9.17) is 4.74 Å². The molecule has 0 aromatic heterocycles. The first-order valence-corrected chi connectivity index (χ1v) is 7.79. The molecule has 1 amide bonds. The summed E-state index contributed by atoms with van der Waals surface area (Å²) in [5.41, 5.74) is 0.272. The Morgan fingerprint density at radius 2 is 2.16 bits per heavy atom. The zero-order valence-electron chi connectivity index (χ0n) is 13.1. The Hall–Kier alpha value is -0.570. The van der Waals surface area contributed by atoms with Crippen molar-refractivity contribution in [3.05, 3.63) is 0 Å². The first-order valence-electron chi connectivity index (χ1n) is 7.79. The first kappa shape index (κ1) is 16.5. The Morgan fingerprint density at radius 1 is 1.42 bits per heavy atom.